The maximum atomic E-state index is 5.75. The SMILES string of the molecule is [S-]c1ccccc1N[C@H](c1cccc2ccccc12)[C@H](Nc1ccccc1[S-])c1cccc2ccccc12. The average Bonchev–Trinajstić information content (AvgIpc) is 2.96. The summed E-state index contributed by atoms with van der Waals surface area (Å²) in [6, 6.07) is 45.8. The number of hydrogen-bond acceptors (Lipinski definition) is 4. The summed E-state index contributed by atoms with van der Waals surface area (Å²) in [4.78, 5) is 1.58. The predicted molar refractivity (Wildman–Crippen MR) is 165 cm³/mol. The molecule has 0 amide bonds. The summed E-state index contributed by atoms with van der Waals surface area (Å²) in [5.74, 6) is 0. The van der Waals surface area contributed by atoms with Crippen molar-refractivity contribution in [1.29, 1.82) is 0 Å². The van der Waals surface area contributed by atoms with Crippen LogP contribution in [0.5, 0.6) is 0 Å². The van der Waals surface area contributed by atoms with E-state index in [1.807, 2.05) is 36.4 Å². The van der Waals surface area contributed by atoms with E-state index in [-0.39, 0.29) is 12.1 Å². The van der Waals surface area contributed by atoms with E-state index in [9.17, 15) is 0 Å². The van der Waals surface area contributed by atoms with Crippen LogP contribution in [0.3, 0.4) is 0 Å². The smallest absolute Gasteiger partial charge is 0.0763 e. The Balaban J connectivity index is 1.61. The normalized spacial score (nSPS) is 12.7. The highest BCUT2D eigenvalue weighted by Crippen LogP contribution is 2.41. The van der Waals surface area contributed by atoms with E-state index in [0.29, 0.717) is 0 Å². The molecule has 0 fully saturated rings. The molecule has 2 atom stereocenters. The maximum Gasteiger partial charge on any atom is 0.0763 e. The number of benzene rings is 6. The first-order valence-corrected chi connectivity index (χ1v) is 13.5. The van der Waals surface area contributed by atoms with E-state index < -0.39 is 0 Å². The average molecular weight is 527 g/mol. The van der Waals surface area contributed by atoms with Crippen LogP contribution in [-0.2, 0) is 25.3 Å². The molecule has 38 heavy (non-hydrogen) atoms. The summed E-state index contributed by atoms with van der Waals surface area (Å²) in [6.45, 7) is 0. The van der Waals surface area contributed by atoms with Gasteiger partial charge in [0.05, 0.1) is 12.1 Å². The number of hydrogen-bond donors (Lipinski definition) is 2. The Hall–Kier alpha value is -4.12. The molecule has 2 nitrogen and oxygen atoms in total. The fraction of sp³-hybridized carbons (Fsp3) is 0.0588. The fourth-order valence-electron chi connectivity index (χ4n) is 5.23. The lowest BCUT2D eigenvalue weighted by molar-refractivity contribution is 0.655. The minimum absolute atomic E-state index is 0.161. The topological polar surface area (TPSA) is 24.1 Å². The summed E-state index contributed by atoms with van der Waals surface area (Å²) < 4.78 is 0. The van der Waals surface area contributed by atoms with Crippen molar-refractivity contribution in [3.05, 3.63) is 145 Å². The highest BCUT2D eigenvalue weighted by Gasteiger charge is 2.28. The Kier molecular flexibility index (Phi) is 6.82. The third-order valence-electron chi connectivity index (χ3n) is 7.05. The molecule has 4 heteroatoms. The number of para-hydroxylation sites is 2. The molecule has 2 N–H and O–H groups in total. The van der Waals surface area contributed by atoms with E-state index >= 15 is 0 Å². The van der Waals surface area contributed by atoms with Crippen LogP contribution < -0.4 is 10.6 Å². The van der Waals surface area contributed by atoms with Gasteiger partial charge in [-0.1, -0.05) is 121 Å². The van der Waals surface area contributed by atoms with E-state index in [1.165, 1.54) is 32.7 Å². The van der Waals surface area contributed by atoms with Gasteiger partial charge in [-0.15, -0.1) is 0 Å². The summed E-state index contributed by atoms with van der Waals surface area (Å²) >= 11 is 11.5. The second-order valence-electron chi connectivity index (χ2n) is 9.37. The quantitative estimate of drug-likeness (QED) is 0.203. The second-order valence-corrected chi connectivity index (χ2v) is 10.3. The lowest BCUT2D eigenvalue weighted by atomic mass is 9.87. The van der Waals surface area contributed by atoms with Gasteiger partial charge in [0.1, 0.15) is 0 Å². The molecular weight excluding hydrogens is 501 g/mol. The largest absolute Gasteiger partial charge is 0.778 e. The third kappa shape index (κ3) is 4.76. The van der Waals surface area contributed by atoms with Gasteiger partial charge in [0, 0.05) is 11.4 Å². The van der Waals surface area contributed by atoms with Crippen molar-refractivity contribution in [2.45, 2.75) is 21.9 Å². The molecule has 0 radical (unpaired) electrons. The number of fused-ring (bicyclic) bond motifs is 2. The standard InChI is InChI=1S/C34H28N2S2/c37-31-21-7-5-19-29(31)35-33(27-17-9-13-23-11-1-3-15-25(23)27)34(36-30-20-6-8-22-32(30)38)28-18-10-14-24-12-2-4-16-26(24)28/h1-22,33-38H/p-2/t33-,34-/m1/s1. The van der Waals surface area contributed by atoms with Gasteiger partial charge in [0.2, 0.25) is 0 Å². The van der Waals surface area contributed by atoms with Crippen LogP contribution in [0.25, 0.3) is 21.5 Å². The Morgan fingerprint density at radius 3 is 1.21 bits per heavy atom. The Bertz CT molecular complexity index is 1590. The molecule has 0 aliphatic carbocycles. The number of nitrogens with one attached hydrogen (secondary N) is 2. The molecule has 6 rings (SSSR count). The Morgan fingerprint density at radius 1 is 0.395 bits per heavy atom. The summed E-state index contributed by atoms with van der Waals surface area (Å²) in [5.41, 5.74) is 4.24. The van der Waals surface area contributed by atoms with Gasteiger partial charge in [-0.05, 0) is 44.8 Å². The molecule has 6 aromatic carbocycles. The molecule has 0 bridgehead atoms. The Labute approximate surface area is 234 Å². The van der Waals surface area contributed by atoms with E-state index in [4.69, 9.17) is 25.3 Å². The monoisotopic (exact) mass is 526 g/mol. The number of anilines is 2. The maximum absolute atomic E-state index is 5.75. The van der Waals surface area contributed by atoms with Crippen molar-refractivity contribution < 1.29 is 0 Å². The third-order valence-corrected chi connectivity index (χ3v) is 7.76. The van der Waals surface area contributed by atoms with Crippen molar-refractivity contribution in [2.75, 3.05) is 10.6 Å². The molecular formula is C34H26N2S2-2. The predicted octanol–water partition coefficient (Wildman–Crippen LogP) is 8.81. The van der Waals surface area contributed by atoms with E-state index in [0.717, 1.165) is 21.2 Å². The zero-order valence-electron chi connectivity index (χ0n) is 20.7. The molecule has 0 saturated carbocycles. The highest BCUT2D eigenvalue weighted by atomic mass is 32.1. The molecule has 6 aromatic rings. The molecule has 0 spiro atoms. The van der Waals surface area contributed by atoms with Crippen LogP contribution in [0.4, 0.5) is 11.4 Å². The van der Waals surface area contributed by atoms with Crippen LogP contribution >= 0.6 is 0 Å². The van der Waals surface area contributed by atoms with Gasteiger partial charge in [0.25, 0.3) is 0 Å². The molecule has 0 saturated heterocycles. The van der Waals surface area contributed by atoms with Crippen LogP contribution in [0.2, 0.25) is 0 Å². The van der Waals surface area contributed by atoms with Crippen LogP contribution in [0.15, 0.2) is 143 Å². The zero-order valence-corrected chi connectivity index (χ0v) is 22.3. The highest BCUT2D eigenvalue weighted by molar-refractivity contribution is 7.59. The molecule has 0 aliphatic rings. The lowest BCUT2D eigenvalue weighted by Gasteiger charge is -2.35. The van der Waals surface area contributed by atoms with Crippen LogP contribution in [0.1, 0.15) is 23.2 Å². The Morgan fingerprint density at radius 2 is 0.763 bits per heavy atom. The van der Waals surface area contributed by atoms with Crippen molar-refractivity contribution in [2.24, 2.45) is 0 Å². The minimum Gasteiger partial charge on any atom is -0.778 e. The zero-order chi connectivity index (χ0) is 25.9. The van der Waals surface area contributed by atoms with Gasteiger partial charge in [-0.2, -0.15) is 9.79 Å². The number of rotatable bonds is 7. The van der Waals surface area contributed by atoms with Crippen LogP contribution in [-0.4, -0.2) is 0 Å². The van der Waals surface area contributed by atoms with Crippen molar-refractivity contribution in [1.82, 2.24) is 0 Å². The summed E-state index contributed by atoms with van der Waals surface area (Å²) in [6.07, 6.45) is 0. The van der Waals surface area contributed by atoms with Crippen molar-refractivity contribution >= 4 is 58.2 Å². The summed E-state index contributed by atoms with van der Waals surface area (Å²) in [7, 11) is 0. The van der Waals surface area contributed by atoms with Gasteiger partial charge in [0.15, 0.2) is 0 Å². The molecule has 0 aromatic heterocycles. The molecule has 0 aliphatic heterocycles. The minimum atomic E-state index is -0.161. The van der Waals surface area contributed by atoms with Crippen molar-refractivity contribution in [3.8, 4) is 0 Å². The van der Waals surface area contributed by atoms with Gasteiger partial charge < -0.3 is 35.9 Å². The summed E-state index contributed by atoms with van der Waals surface area (Å²) in [5, 5.41) is 12.5. The lowest BCUT2D eigenvalue weighted by Crippen LogP contribution is -2.26. The molecule has 0 heterocycles. The van der Waals surface area contributed by atoms with Gasteiger partial charge in [-0.25, -0.2) is 0 Å². The fourth-order valence-corrected chi connectivity index (χ4v) is 5.64. The van der Waals surface area contributed by atoms with E-state index in [2.05, 4.69) is 108 Å². The first kappa shape index (κ1) is 24.2. The molecule has 186 valence electrons. The second kappa shape index (κ2) is 10.7. The first-order valence-electron chi connectivity index (χ1n) is 12.7. The van der Waals surface area contributed by atoms with Gasteiger partial charge in [-0.3, -0.25) is 0 Å². The first-order chi connectivity index (χ1) is 18.7. The van der Waals surface area contributed by atoms with Crippen molar-refractivity contribution in [3.63, 3.8) is 0 Å². The molecule has 0 unspecified atom stereocenters. The van der Waals surface area contributed by atoms with Crippen LogP contribution in [0, 0.1) is 0 Å². The van der Waals surface area contributed by atoms with Gasteiger partial charge >= 0.3 is 0 Å². The van der Waals surface area contributed by atoms with E-state index in [1.54, 1.807) is 0 Å².